The van der Waals surface area contributed by atoms with Gasteiger partial charge in [-0.2, -0.15) is 11.8 Å². The number of thioether (sulfide) groups is 1. The molecule has 7 nitrogen and oxygen atoms in total. The van der Waals surface area contributed by atoms with Crippen molar-refractivity contribution in [3.63, 3.8) is 0 Å². The molecule has 1 aliphatic rings. The van der Waals surface area contributed by atoms with Crippen molar-refractivity contribution >= 4 is 23.6 Å². The van der Waals surface area contributed by atoms with E-state index < -0.39 is 5.97 Å². The summed E-state index contributed by atoms with van der Waals surface area (Å²) in [5.41, 5.74) is 0.155. The van der Waals surface area contributed by atoms with Gasteiger partial charge in [0.2, 0.25) is 0 Å². The molecule has 0 bridgehead atoms. The van der Waals surface area contributed by atoms with Gasteiger partial charge in [0.1, 0.15) is 6.54 Å². The third kappa shape index (κ3) is 3.46. The third-order valence-corrected chi connectivity index (χ3v) is 3.88. The van der Waals surface area contributed by atoms with Gasteiger partial charge in [-0.15, -0.1) is 5.10 Å². The lowest BCUT2D eigenvalue weighted by Crippen LogP contribution is -2.29. The molecule has 1 aliphatic heterocycles. The predicted molar refractivity (Wildman–Crippen MR) is 65.4 cm³/mol. The van der Waals surface area contributed by atoms with Gasteiger partial charge in [-0.1, -0.05) is 5.21 Å². The number of carboxylic acid groups (broad SMARTS) is 1. The molecule has 0 aromatic carbocycles. The van der Waals surface area contributed by atoms with Gasteiger partial charge in [-0.3, -0.25) is 9.59 Å². The second kappa shape index (κ2) is 5.85. The lowest BCUT2D eigenvalue weighted by Gasteiger charge is -2.08. The van der Waals surface area contributed by atoms with Crippen molar-refractivity contribution in [2.75, 3.05) is 18.1 Å². The first kappa shape index (κ1) is 12.9. The molecule has 1 fully saturated rings. The standard InChI is InChI=1S/C10H14N4O3S/c15-9(16)5-14-4-8(12-13-14)10(17)11-3-7-1-2-18-6-7/h4,7H,1-3,5-6H2,(H,11,17)(H,15,16). The normalized spacial score (nSPS) is 18.8. The molecule has 0 aliphatic carbocycles. The molecular weight excluding hydrogens is 256 g/mol. The van der Waals surface area contributed by atoms with Gasteiger partial charge in [0, 0.05) is 6.54 Å². The van der Waals surface area contributed by atoms with Gasteiger partial charge >= 0.3 is 5.97 Å². The molecular formula is C10H14N4O3S. The lowest BCUT2D eigenvalue weighted by atomic mass is 10.1. The summed E-state index contributed by atoms with van der Waals surface area (Å²) < 4.78 is 1.13. The smallest absolute Gasteiger partial charge is 0.325 e. The molecule has 8 heteroatoms. The van der Waals surface area contributed by atoms with Crippen LogP contribution in [0.15, 0.2) is 6.20 Å². The molecule has 1 aromatic rings. The van der Waals surface area contributed by atoms with Crippen LogP contribution in [-0.4, -0.2) is 50.0 Å². The molecule has 1 aromatic heterocycles. The average molecular weight is 270 g/mol. The number of aliphatic carboxylic acids is 1. The molecule has 1 unspecified atom stereocenters. The number of carbonyl (C=O) groups excluding carboxylic acids is 1. The predicted octanol–water partition coefficient (Wildman–Crippen LogP) is -0.154. The fourth-order valence-electron chi connectivity index (χ4n) is 1.69. The maximum Gasteiger partial charge on any atom is 0.325 e. The number of carboxylic acids is 1. The van der Waals surface area contributed by atoms with Crippen molar-refractivity contribution in [3.05, 3.63) is 11.9 Å². The quantitative estimate of drug-likeness (QED) is 0.772. The van der Waals surface area contributed by atoms with E-state index in [0.29, 0.717) is 12.5 Å². The minimum atomic E-state index is -1.02. The van der Waals surface area contributed by atoms with E-state index in [1.165, 1.54) is 6.20 Å². The molecule has 2 heterocycles. The van der Waals surface area contributed by atoms with E-state index in [1.54, 1.807) is 0 Å². The molecule has 98 valence electrons. The fraction of sp³-hybridized carbons (Fsp3) is 0.600. The van der Waals surface area contributed by atoms with Crippen LogP contribution in [-0.2, 0) is 11.3 Å². The highest BCUT2D eigenvalue weighted by Gasteiger charge is 2.18. The van der Waals surface area contributed by atoms with E-state index in [1.807, 2.05) is 11.8 Å². The number of aromatic nitrogens is 3. The molecule has 0 spiro atoms. The third-order valence-electron chi connectivity index (χ3n) is 2.64. The number of amides is 1. The SMILES string of the molecule is O=C(O)Cn1cc(C(=O)NCC2CCSC2)nn1. The van der Waals surface area contributed by atoms with Crippen LogP contribution in [0.5, 0.6) is 0 Å². The Morgan fingerprint density at radius 3 is 3.11 bits per heavy atom. The number of hydrogen-bond donors (Lipinski definition) is 2. The second-order valence-electron chi connectivity index (χ2n) is 4.13. The summed E-state index contributed by atoms with van der Waals surface area (Å²) in [6.07, 6.45) is 2.46. The molecule has 1 amide bonds. The zero-order valence-corrected chi connectivity index (χ0v) is 10.5. The summed E-state index contributed by atoms with van der Waals surface area (Å²) in [5, 5.41) is 18.6. The number of carbonyl (C=O) groups is 2. The van der Waals surface area contributed by atoms with E-state index in [2.05, 4.69) is 15.6 Å². The van der Waals surface area contributed by atoms with Crippen LogP contribution in [0.25, 0.3) is 0 Å². The molecule has 0 radical (unpaired) electrons. The minimum Gasteiger partial charge on any atom is -0.480 e. The average Bonchev–Trinajstić information content (AvgIpc) is 2.95. The molecule has 1 atom stereocenters. The van der Waals surface area contributed by atoms with E-state index in [0.717, 1.165) is 22.6 Å². The number of nitrogens with one attached hydrogen (secondary N) is 1. The van der Waals surface area contributed by atoms with E-state index in [4.69, 9.17) is 5.11 Å². The summed E-state index contributed by atoms with van der Waals surface area (Å²) in [6, 6.07) is 0. The zero-order chi connectivity index (χ0) is 13.0. The Morgan fingerprint density at radius 2 is 2.44 bits per heavy atom. The summed E-state index contributed by atoms with van der Waals surface area (Å²) in [7, 11) is 0. The lowest BCUT2D eigenvalue weighted by molar-refractivity contribution is -0.137. The van der Waals surface area contributed by atoms with Crippen LogP contribution in [0.1, 0.15) is 16.9 Å². The van der Waals surface area contributed by atoms with Crippen molar-refractivity contribution in [2.45, 2.75) is 13.0 Å². The first-order valence-corrected chi connectivity index (χ1v) is 6.78. The van der Waals surface area contributed by atoms with Crippen molar-refractivity contribution in [1.29, 1.82) is 0 Å². The highest BCUT2D eigenvalue weighted by Crippen LogP contribution is 2.22. The van der Waals surface area contributed by atoms with Gasteiger partial charge in [0.25, 0.3) is 5.91 Å². The maximum absolute atomic E-state index is 11.7. The Labute approximate surface area is 108 Å². The Bertz CT molecular complexity index is 442. The summed E-state index contributed by atoms with van der Waals surface area (Å²) in [6.45, 7) is 0.344. The van der Waals surface area contributed by atoms with Crippen LogP contribution >= 0.6 is 11.8 Å². The molecule has 0 saturated carbocycles. The van der Waals surface area contributed by atoms with Gasteiger partial charge < -0.3 is 10.4 Å². The molecule has 1 saturated heterocycles. The largest absolute Gasteiger partial charge is 0.480 e. The van der Waals surface area contributed by atoms with Crippen LogP contribution in [0.4, 0.5) is 0 Å². The Kier molecular flexibility index (Phi) is 4.19. The first-order valence-electron chi connectivity index (χ1n) is 5.63. The topological polar surface area (TPSA) is 97.1 Å². The Morgan fingerprint density at radius 1 is 1.61 bits per heavy atom. The highest BCUT2D eigenvalue weighted by atomic mass is 32.2. The monoisotopic (exact) mass is 270 g/mol. The van der Waals surface area contributed by atoms with E-state index >= 15 is 0 Å². The van der Waals surface area contributed by atoms with Crippen molar-refractivity contribution in [2.24, 2.45) is 5.92 Å². The van der Waals surface area contributed by atoms with Crippen molar-refractivity contribution in [1.82, 2.24) is 20.3 Å². The van der Waals surface area contributed by atoms with Crippen LogP contribution in [0.3, 0.4) is 0 Å². The van der Waals surface area contributed by atoms with E-state index in [9.17, 15) is 9.59 Å². The minimum absolute atomic E-state index is 0.155. The van der Waals surface area contributed by atoms with Crippen LogP contribution in [0, 0.1) is 5.92 Å². The fourth-order valence-corrected chi connectivity index (χ4v) is 2.97. The van der Waals surface area contributed by atoms with Crippen molar-refractivity contribution in [3.8, 4) is 0 Å². The van der Waals surface area contributed by atoms with Gasteiger partial charge in [-0.25, -0.2) is 4.68 Å². The van der Waals surface area contributed by atoms with Gasteiger partial charge in [0.05, 0.1) is 6.20 Å². The second-order valence-corrected chi connectivity index (χ2v) is 5.28. The highest BCUT2D eigenvalue weighted by molar-refractivity contribution is 7.99. The summed E-state index contributed by atoms with van der Waals surface area (Å²) in [4.78, 5) is 22.2. The van der Waals surface area contributed by atoms with Crippen molar-refractivity contribution < 1.29 is 14.7 Å². The van der Waals surface area contributed by atoms with Crippen LogP contribution in [0.2, 0.25) is 0 Å². The number of nitrogens with zero attached hydrogens (tertiary/aromatic N) is 3. The number of rotatable bonds is 5. The van der Waals surface area contributed by atoms with E-state index in [-0.39, 0.29) is 18.1 Å². The summed E-state index contributed by atoms with van der Waals surface area (Å²) >= 11 is 1.89. The molecule has 2 N–H and O–H groups in total. The summed E-state index contributed by atoms with van der Waals surface area (Å²) in [5.74, 6) is 1.42. The maximum atomic E-state index is 11.7. The Hall–Kier alpha value is -1.57. The number of hydrogen-bond acceptors (Lipinski definition) is 5. The molecule has 2 rings (SSSR count). The molecule has 18 heavy (non-hydrogen) atoms. The Balaban J connectivity index is 1.84. The first-order chi connectivity index (χ1) is 8.65. The van der Waals surface area contributed by atoms with Gasteiger partial charge in [-0.05, 0) is 23.8 Å². The van der Waals surface area contributed by atoms with Crippen LogP contribution < -0.4 is 5.32 Å². The van der Waals surface area contributed by atoms with Gasteiger partial charge in [0.15, 0.2) is 5.69 Å². The zero-order valence-electron chi connectivity index (χ0n) is 9.70.